The van der Waals surface area contributed by atoms with Crippen LogP contribution in [0.2, 0.25) is 0 Å². The molecule has 0 unspecified atom stereocenters. The molecule has 0 N–H and O–H groups in total. The van der Waals surface area contributed by atoms with Crippen LogP contribution in [0.25, 0.3) is 5.82 Å². The normalized spacial score (nSPS) is 16.5. The highest BCUT2D eigenvalue weighted by atomic mass is 32.2. The van der Waals surface area contributed by atoms with E-state index in [-0.39, 0.29) is 5.75 Å². The lowest BCUT2D eigenvalue weighted by molar-refractivity contribution is 0.383. The van der Waals surface area contributed by atoms with Crippen molar-refractivity contribution < 1.29 is 8.42 Å². The first kappa shape index (κ1) is 16.8. The van der Waals surface area contributed by atoms with Crippen molar-refractivity contribution in [3.05, 3.63) is 30.1 Å². The first-order valence-corrected chi connectivity index (χ1v) is 9.69. The van der Waals surface area contributed by atoms with Crippen molar-refractivity contribution in [3.63, 3.8) is 0 Å². The summed E-state index contributed by atoms with van der Waals surface area (Å²) in [5, 5.41) is 12.8. The maximum absolute atomic E-state index is 12.1. The van der Waals surface area contributed by atoms with E-state index in [1.54, 1.807) is 8.99 Å². The number of piperazine rings is 1. The van der Waals surface area contributed by atoms with E-state index in [9.17, 15) is 8.42 Å². The SMILES string of the molecule is CCCS(=O)(=O)N1CCN(c2ccc(-n3ccc(C)n3)nn2)CC1. The maximum atomic E-state index is 12.1. The third-order valence-corrected chi connectivity index (χ3v) is 6.09. The molecule has 0 bridgehead atoms. The van der Waals surface area contributed by atoms with Crippen LogP contribution in [-0.2, 0) is 10.0 Å². The summed E-state index contributed by atoms with van der Waals surface area (Å²) in [4.78, 5) is 2.06. The molecule has 0 aromatic carbocycles. The summed E-state index contributed by atoms with van der Waals surface area (Å²) in [5.74, 6) is 1.64. The Morgan fingerprint density at radius 2 is 1.71 bits per heavy atom. The van der Waals surface area contributed by atoms with Gasteiger partial charge in [0.05, 0.1) is 11.4 Å². The van der Waals surface area contributed by atoms with Crippen LogP contribution >= 0.6 is 0 Å². The number of anilines is 1. The number of nitrogens with zero attached hydrogens (tertiary/aromatic N) is 6. The molecule has 3 heterocycles. The molecule has 0 spiro atoms. The second kappa shape index (κ2) is 6.86. The average molecular weight is 350 g/mol. The van der Waals surface area contributed by atoms with Gasteiger partial charge in [-0.3, -0.25) is 0 Å². The minimum absolute atomic E-state index is 0.213. The van der Waals surface area contributed by atoms with Gasteiger partial charge in [0, 0.05) is 32.4 Å². The molecule has 1 aliphatic rings. The van der Waals surface area contributed by atoms with Gasteiger partial charge in [-0.05, 0) is 31.5 Å². The standard InChI is InChI=1S/C15H22N6O2S/c1-3-12-24(22,23)20-10-8-19(9-11-20)14-4-5-15(17-16-14)21-7-6-13(2)18-21/h4-7H,3,8-12H2,1-2H3. The van der Waals surface area contributed by atoms with Crippen molar-refractivity contribution in [1.82, 2.24) is 24.3 Å². The number of rotatable bonds is 5. The van der Waals surface area contributed by atoms with E-state index in [1.165, 1.54) is 0 Å². The van der Waals surface area contributed by atoms with Crippen molar-refractivity contribution in [3.8, 4) is 5.82 Å². The fraction of sp³-hybridized carbons (Fsp3) is 0.533. The molecular weight excluding hydrogens is 328 g/mol. The van der Waals surface area contributed by atoms with Crippen LogP contribution in [0.15, 0.2) is 24.4 Å². The highest BCUT2D eigenvalue weighted by molar-refractivity contribution is 7.89. The second-order valence-electron chi connectivity index (χ2n) is 5.85. The van der Waals surface area contributed by atoms with E-state index in [4.69, 9.17) is 0 Å². The summed E-state index contributed by atoms with van der Waals surface area (Å²) in [6, 6.07) is 5.68. The number of aromatic nitrogens is 4. The quantitative estimate of drug-likeness (QED) is 0.794. The van der Waals surface area contributed by atoms with Gasteiger partial charge in [-0.1, -0.05) is 6.92 Å². The largest absolute Gasteiger partial charge is 0.352 e. The van der Waals surface area contributed by atoms with Crippen molar-refractivity contribution in [2.75, 3.05) is 36.8 Å². The molecule has 2 aromatic rings. The Morgan fingerprint density at radius 3 is 2.25 bits per heavy atom. The Bertz CT molecular complexity index is 779. The zero-order chi connectivity index (χ0) is 17.2. The second-order valence-corrected chi connectivity index (χ2v) is 7.94. The highest BCUT2D eigenvalue weighted by Crippen LogP contribution is 2.16. The molecule has 24 heavy (non-hydrogen) atoms. The Balaban J connectivity index is 1.64. The van der Waals surface area contributed by atoms with Gasteiger partial charge in [-0.15, -0.1) is 10.2 Å². The lowest BCUT2D eigenvalue weighted by atomic mass is 10.3. The van der Waals surface area contributed by atoms with Gasteiger partial charge in [0.25, 0.3) is 0 Å². The van der Waals surface area contributed by atoms with Crippen LogP contribution in [0, 0.1) is 6.92 Å². The fourth-order valence-electron chi connectivity index (χ4n) is 2.73. The molecule has 3 rings (SSSR count). The highest BCUT2D eigenvalue weighted by Gasteiger charge is 2.26. The molecule has 0 aliphatic carbocycles. The molecule has 9 heteroatoms. The van der Waals surface area contributed by atoms with E-state index >= 15 is 0 Å². The topological polar surface area (TPSA) is 84.2 Å². The van der Waals surface area contributed by atoms with Gasteiger partial charge in [-0.2, -0.15) is 9.40 Å². The fourth-order valence-corrected chi connectivity index (χ4v) is 4.23. The number of sulfonamides is 1. The Labute approximate surface area is 142 Å². The van der Waals surface area contributed by atoms with Crippen molar-refractivity contribution in [2.24, 2.45) is 0 Å². The summed E-state index contributed by atoms with van der Waals surface area (Å²) < 4.78 is 27.5. The van der Waals surface area contributed by atoms with Crippen LogP contribution in [0.1, 0.15) is 19.0 Å². The van der Waals surface area contributed by atoms with Crippen LogP contribution in [0.4, 0.5) is 5.82 Å². The first-order chi connectivity index (χ1) is 11.5. The number of aryl methyl sites for hydroxylation is 1. The monoisotopic (exact) mass is 350 g/mol. The van der Waals surface area contributed by atoms with Gasteiger partial charge in [0.2, 0.25) is 10.0 Å². The van der Waals surface area contributed by atoms with E-state index < -0.39 is 10.0 Å². The molecule has 0 radical (unpaired) electrons. The predicted molar refractivity (Wildman–Crippen MR) is 91.8 cm³/mol. The molecular formula is C15H22N6O2S. The Morgan fingerprint density at radius 1 is 1.04 bits per heavy atom. The summed E-state index contributed by atoms with van der Waals surface area (Å²) in [7, 11) is -3.12. The molecule has 0 atom stereocenters. The smallest absolute Gasteiger partial charge is 0.214 e. The van der Waals surface area contributed by atoms with Crippen LogP contribution in [0.5, 0.6) is 0 Å². The Kier molecular flexibility index (Phi) is 4.81. The average Bonchev–Trinajstić information content (AvgIpc) is 3.02. The van der Waals surface area contributed by atoms with Crippen molar-refractivity contribution in [1.29, 1.82) is 0 Å². The van der Waals surface area contributed by atoms with Crippen LogP contribution in [-0.4, -0.2) is 64.6 Å². The molecule has 2 aromatic heterocycles. The van der Waals surface area contributed by atoms with E-state index in [1.807, 2.05) is 38.2 Å². The van der Waals surface area contributed by atoms with Gasteiger partial charge in [0.1, 0.15) is 0 Å². The van der Waals surface area contributed by atoms with E-state index in [2.05, 4.69) is 20.2 Å². The summed E-state index contributed by atoms with van der Waals surface area (Å²) >= 11 is 0. The molecule has 1 saturated heterocycles. The molecule has 130 valence electrons. The zero-order valence-electron chi connectivity index (χ0n) is 14.0. The van der Waals surface area contributed by atoms with Crippen LogP contribution < -0.4 is 4.90 Å². The maximum Gasteiger partial charge on any atom is 0.214 e. The van der Waals surface area contributed by atoms with E-state index in [0.717, 1.165) is 11.5 Å². The molecule has 0 amide bonds. The third kappa shape index (κ3) is 3.57. The first-order valence-electron chi connectivity index (χ1n) is 8.09. The van der Waals surface area contributed by atoms with Crippen LogP contribution in [0.3, 0.4) is 0 Å². The number of hydrogen-bond donors (Lipinski definition) is 0. The number of hydrogen-bond acceptors (Lipinski definition) is 6. The van der Waals surface area contributed by atoms with Gasteiger partial charge >= 0.3 is 0 Å². The molecule has 1 aliphatic heterocycles. The van der Waals surface area contributed by atoms with Crippen molar-refractivity contribution in [2.45, 2.75) is 20.3 Å². The molecule has 8 nitrogen and oxygen atoms in total. The minimum atomic E-state index is -3.12. The van der Waals surface area contributed by atoms with Gasteiger partial charge < -0.3 is 4.90 Å². The lowest BCUT2D eigenvalue weighted by Crippen LogP contribution is -2.49. The molecule has 1 fully saturated rings. The third-order valence-electron chi connectivity index (χ3n) is 4.01. The summed E-state index contributed by atoms with van der Waals surface area (Å²) in [6.07, 6.45) is 2.48. The predicted octanol–water partition coefficient (Wildman–Crippen LogP) is 0.833. The van der Waals surface area contributed by atoms with Gasteiger partial charge in [0.15, 0.2) is 11.6 Å². The zero-order valence-corrected chi connectivity index (χ0v) is 14.8. The van der Waals surface area contributed by atoms with Crippen molar-refractivity contribution >= 4 is 15.8 Å². The molecule has 0 saturated carbocycles. The lowest BCUT2D eigenvalue weighted by Gasteiger charge is -2.34. The Hall–Kier alpha value is -2.00. The van der Waals surface area contributed by atoms with E-state index in [0.29, 0.717) is 38.4 Å². The summed E-state index contributed by atoms with van der Waals surface area (Å²) in [5.41, 5.74) is 0.922. The minimum Gasteiger partial charge on any atom is -0.352 e. The summed E-state index contributed by atoms with van der Waals surface area (Å²) in [6.45, 7) is 6.03. The van der Waals surface area contributed by atoms with Gasteiger partial charge in [-0.25, -0.2) is 13.1 Å².